The number of para-hydroxylation sites is 2. The second-order valence-electron chi connectivity index (χ2n) is 29.2. The average Bonchev–Trinajstić information content (AvgIpc) is 2.54. The van der Waals surface area contributed by atoms with Gasteiger partial charge in [0.15, 0.2) is 0 Å². The summed E-state index contributed by atoms with van der Waals surface area (Å²) >= 11 is 1.85. The van der Waals surface area contributed by atoms with Gasteiger partial charge in [-0.2, -0.15) is 0 Å². The molecule has 0 fully saturated rings. The van der Waals surface area contributed by atoms with Crippen LogP contribution in [-0.4, -0.2) is 9.55 Å². The zero-order chi connectivity index (χ0) is 59.3. The lowest BCUT2D eigenvalue weighted by Gasteiger charge is -2.32. The maximum Gasteiger partial charge on any atom is 0.137 e. The number of nitrogens with one attached hydrogen (secondary N) is 2. The van der Waals surface area contributed by atoms with Crippen LogP contribution in [0.2, 0.25) is 0 Å². The van der Waals surface area contributed by atoms with E-state index >= 15 is 0 Å². The molecule has 5 nitrogen and oxygen atoms in total. The van der Waals surface area contributed by atoms with E-state index in [0.717, 1.165) is 56.5 Å². The van der Waals surface area contributed by atoms with E-state index in [4.69, 9.17) is 9.72 Å². The Balaban J connectivity index is 1.04. The van der Waals surface area contributed by atoms with Gasteiger partial charge in [-0.1, -0.05) is 197 Å². The standard InChI is InChI=1S/C77H84N4OS/c1-72(2,3)47-30-34-60(76(13,14)15)56(40-47)58-42-50(75(10,11)12)43-59(57-41-48(73(4,5)6)31-35-61(57)77(16,17)18)71(58)80-63-28-21-20-27-62(63)79-51-24-23-25-52(45-51)82-53-32-33-54-65(46-53)81(68-44-49(38-39-78-68)74(7,8)9)64-36-37-67-70(69(54)64)55-26-19-22-29-66(55)83-67/h19-46,79-80H,1-18H3. The summed E-state index contributed by atoms with van der Waals surface area (Å²) in [6.45, 7) is 41.8. The fraction of sp³-hybridized carbons (Fsp3) is 0.312. The van der Waals surface area contributed by atoms with Crippen LogP contribution in [0, 0.1) is 0 Å². The number of rotatable bonds is 9. The Morgan fingerprint density at radius 3 is 1.52 bits per heavy atom. The van der Waals surface area contributed by atoms with E-state index in [1.807, 2.05) is 23.6 Å². The average molecular weight is 1110 g/mol. The molecule has 0 spiro atoms. The summed E-state index contributed by atoms with van der Waals surface area (Å²) in [5.74, 6) is 2.36. The number of hydrogen-bond donors (Lipinski definition) is 2. The number of nitrogens with zero attached hydrogens (tertiary/aromatic N) is 2. The molecule has 0 aliphatic rings. The van der Waals surface area contributed by atoms with Gasteiger partial charge in [-0.15, -0.1) is 11.3 Å². The van der Waals surface area contributed by atoms with Crippen LogP contribution in [0.5, 0.6) is 11.5 Å². The van der Waals surface area contributed by atoms with Gasteiger partial charge in [-0.25, -0.2) is 4.98 Å². The molecule has 6 heteroatoms. The molecule has 3 aromatic heterocycles. The molecule has 11 rings (SSSR count). The molecule has 0 aliphatic heterocycles. The van der Waals surface area contributed by atoms with Gasteiger partial charge >= 0.3 is 0 Å². The van der Waals surface area contributed by atoms with Crippen LogP contribution in [0.4, 0.5) is 22.7 Å². The summed E-state index contributed by atoms with van der Waals surface area (Å²) in [5, 5.41) is 13.0. The van der Waals surface area contributed by atoms with Crippen molar-refractivity contribution < 1.29 is 4.74 Å². The van der Waals surface area contributed by atoms with E-state index in [0.29, 0.717) is 0 Å². The maximum absolute atomic E-state index is 6.92. The quantitative estimate of drug-likeness (QED) is 0.151. The summed E-state index contributed by atoms with van der Waals surface area (Å²) in [7, 11) is 0. The van der Waals surface area contributed by atoms with Gasteiger partial charge in [0.1, 0.15) is 17.3 Å². The number of benzene rings is 8. The Bertz CT molecular complexity index is 4200. The first-order valence-corrected chi connectivity index (χ1v) is 30.5. The van der Waals surface area contributed by atoms with Crippen molar-refractivity contribution in [3.8, 4) is 39.6 Å². The minimum atomic E-state index is -0.146. The van der Waals surface area contributed by atoms with E-state index in [9.17, 15) is 0 Å². The van der Waals surface area contributed by atoms with Crippen molar-refractivity contribution in [2.75, 3.05) is 10.6 Å². The summed E-state index contributed by atoms with van der Waals surface area (Å²) in [4.78, 5) is 5.04. The van der Waals surface area contributed by atoms with Gasteiger partial charge in [0.05, 0.1) is 28.1 Å². The number of anilines is 4. The lowest BCUT2D eigenvalue weighted by molar-refractivity contribution is 0.483. The normalized spacial score (nSPS) is 12.9. The maximum atomic E-state index is 6.92. The Morgan fingerprint density at radius 2 is 0.928 bits per heavy atom. The number of pyridine rings is 1. The zero-order valence-corrected chi connectivity index (χ0v) is 53.2. The van der Waals surface area contributed by atoms with Crippen LogP contribution in [-0.2, 0) is 32.5 Å². The molecule has 11 aromatic rings. The van der Waals surface area contributed by atoms with Crippen molar-refractivity contribution in [1.82, 2.24) is 9.55 Å². The molecule has 0 saturated carbocycles. The monoisotopic (exact) mass is 1110 g/mol. The molecular weight excluding hydrogens is 1030 g/mol. The molecule has 0 aliphatic carbocycles. The van der Waals surface area contributed by atoms with Crippen LogP contribution in [0.3, 0.4) is 0 Å². The van der Waals surface area contributed by atoms with Gasteiger partial charge in [0.25, 0.3) is 0 Å². The minimum absolute atomic E-state index is 0.0512. The van der Waals surface area contributed by atoms with Gasteiger partial charge in [-0.05, 0) is 156 Å². The molecule has 2 N–H and O–H groups in total. The zero-order valence-electron chi connectivity index (χ0n) is 52.4. The van der Waals surface area contributed by atoms with E-state index in [2.05, 4.69) is 298 Å². The van der Waals surface area contributed by atoms with Crippen LogP contribution in [0.15, 0.2) is 170 Å². The van der Waals surface area contributed by atoms with E-state index in [-0.39, 0.29) is 32.5 Å². The smallest absolute Gasteiger partial charge is 0.137 e. The molecule has 0 unspecified atom stereocenters. The first-order valence-electron chi connectivity index (χ1n) is 29.7. The predicted octanol–water partition coefficient (Wildman–Crippen LogP) is 22.9. The van der Waals surface area contributed by atoms with Crippen LogP contribution in [0.1, 0.15) is 158 Å². The largest absolute Gasteiger partial charge is 0.457 e. The highest BCUT2D eigenvalue weighted by molar-refractivity contribution is 7.26. The Kier molecular flexibility index (Phi) is 14.2. The molecule has 0 saturated heterocycles. The fourth-order valence-corrected chi connectivity index (χ4v) is 12.9. The number of fused-ring (bicyclic) bond motifs is 7. The van der Waals surface area contributed by atoms with Crippen LogP contribution >= 0.6 is 11.3 Å². The molecule has 0 radical (unpaired) electrons. The third kappa shape index (κ3) is 11.2. The summed E-state index contributed by atoms with van der Waals surface area (Å²) < 4.78 is 11.8. The highest BCUT2D eigenvalue weighted by Gasteiger charge is 2.31. The molecule has 8 aromatic carbocycles. The summed E-state index contributed by atoms with van der Waals surface area (Å²) in [5.41, 5.74) is 18.1. The van der Waals surface area contributed by atoms with E-state index in [1.54, 1.807) is 0 Å². The minimum Gasteiger partial charge on any atom is -0.457 e. The fourth-order valence-electron chi connectivity index (χ4n) is 11.8. The molecule has 0 bridgehead atoms. The number of aromatic nitrogens is 2. The first kappa shape index (κ1) is 57.2. The van der Waals surface area contributed by atoms with Crippen molar-refractivity contribution in [2.45, 2.75) is 157 Å². The third-order valence-corrected chi connectivity index (χ3v) is 17.7. The van der Waals surface area contributed by atoms with E-state index in [1.165, 1.54) is 81.2 Å². The SMILES string of the molecule is CC(C)(C)c1ccnc(-n2c3cc(Oc4cccc(Nc5ccccc5Nc5c(-c6cc(C(C)(C)C)ccc6C(C)(C)C)cc(C(C)(C)C)cc5-c5cc(C(C)(C)C)ccc5C(C)(C)C)c4)ccc3c3c4c(ccc32)sc2ccccc24)c1. The molecule has 424 valence electrons. The van der Waals surface area contributed by atoms with Crippen molar-refractivity contribution in [3.63, 3.8) is 0 Å². The molecule has 3 heterocycles. The van der Waals surface area contributed by atoms with Gasteiger partial charge < -0.3 is 15.4 Å². The summed E-state index contributed by atoms with van der Waals surface area (Å²) in [6.07, 6.45) is 1.95. The molecule has 83 heavy (non-hydrogen) atoms. The van der Waals surface area contributed by atoms with Gasteiger partial charge in [0.2, 0.25) is 0 Å². The van der Waals surface area contributed by atoms with Gasteiger partial charge in [-0.3, -0.25) is 4.57 Å². The first-order chi connectivity index (χ1) is 38.9. The topological polar surface area (TPSA) is 51.1 Å². The summed E-state index contributed by atoms with van der Waals surface area (Å²) in [6, 6.07) is 60.5. The molecule has 0 atom stereocenters. The van der Waals surface area contributed by atoms with E-state index < -0.39 is 0 Å². The van der Waals surface area contributed by atoms with Gasteiger partial charge in [0, 0.05) is 66.1 Å². The Morgan fingerprint density at radius 1 is 0.386 bits per heavy atom. The molecule has 0 amide bonds. The lowest BCUT2D eigenvalue weighted by atomic mass is 9.74. The van der Waals surface area contributed by atoms with Crippen molar-refractivity contribution >= 4 is 76.1 Å². The lowest BCUT2D eigenvalue weighted by Crippen LogP contribution is -2.18. The predicted molar refractivity (Wildman–Crippen MR) is 361 cm³/mol. The second-order valence-corrected chi connectivity index (χ2v) is 30.3. The highest BCUT2D eigenvalue weighted by atomic mass is 32.1. The third-order valence-electron chi connectivity index (χ3n) is 16.6. The van der Waals surface area contributed by atoms with Crippen molar-refractivity contribution in [2.24, 2.45) is 0 Å². The van der Waals surface area contributed by atoms with Crippen LogP contribution < -0.4 is 15.4 Å². The van der Waals surface area contributed by atoms with Crippen molar-refractivity contribution in [1.29, 1.82) is 0 Å². The number of ether oxygens (including phenoxy) is 1. The molecular formula is C77H84N4OS. The number of hydrogen-bond acceptors (Lipinski definition) is 5. The number of thiophene rings is 1. The second kappa shape index (κ2) is 20.6. The highest BCUT2D eigenvalue weighted by Crippen LogP contribution is 2.50. The Labute approximate surface area is 498 Å². The van der Waals surface area contributed by atoms with Crippen molar-refractivity contribution in [3.05, 3.63) is 203 Å². The van der Waals surface area contributed by atoms with Crippen LogP contribution in [0.25, 0.3) is 70.0 Å². The Hall–Kier alpha value is -7.67.